The number of hydrogen-bond acceptors (Lipinski definition) is 5. The molecule has 0 aliphatic carbocycles. The molecule has 1 aromatic heterocycles. The first-order chi connectivity index (χ1) is 9.38. The van der Waals surface area contributed by atoms with Crippen molar-refractivity contribution < 1.29 is 24.2 Å². The van der Waals surface area contributed by atoms with Gasteiger partial charge in [-0.25, -0.2) is 9.59 Å². The Morgan fingerprint density at radius 1 is 1.35 bits per heavy atom. The van der Waals surface area contributed by atoms with Gasteiger partial charge in [-0.3, -0.25) is 0 Å². The van der Waals surface area contributed by atoms with Gasteiger partial charge in [0.05, 0.1) is 12.7 Å². The van der Waals surface area contributed by atoms with E-state index in [4.69, 9.17) is 14.3 Å². The summed E-state index contributed by atoms with van der Waals surface area (Å²) in [6.07, 6.45) is 0. The zero-order chi connectivity index (χ0) is 15.0. The maximum absolute atomic E-state index is 11.8. The number of carbonyl (C=O) groups is 1. The molecule has 0 amide bonds. The van der Waals surface area contributed by atoms with Crippen LogP contribution in [0.1, 0.15) is 35.7 Å². The van der Waals surface area contributed by atoms with E-state index < -0.39 is 11.6 Å². The van der Waals surface area contributed by atoms with Crippen LogP contribution in [0, 0.1) is 0 Å². The predicted octanol–water partition coefficient (Wildman–Crippen LogP) is 2.33. The molecular formula is C14H14O6. The summed E-state index contributed by atoms with van der Waals surface area (Å²) in [5.74, 6) is -1.79. The minimum Gasteiger partial charge on any atom is -0.506 e. The van der Waals surface area contributed by atoms with Crippen LogP contribution in [0.5, 0.6) is 11.5 Å². The molecule has 0 saturated heterocycles. The van der Waals surface area contributed by atoms with Gasteiger partial charge in [0.25, 0.3) is 0 Å². The van der Waals surface area contributed by atoms with E-state index >= 15 is 0 Å². The van der Waals surface area contributed by atoms with Crippen molar-refractivity contribution in [3.63, 3.8) is 0 Å². The molecule has 0 spiro atoms. The summed E-state index contributed by atoms with van der Waals surface area (Å²) in [6.45, 7) is 3.46. The predicted molar refractivity (Wildman–Crippen MR) is 71.7 cm³/mol. The number of methoxy groups -OCH3 is 1. The normalized spacial score (nSPS) is 11.0. The summed E-state index contributed by atoms with van der Waals surface area (Å²) in [6, 6.07) is 2.59. The van der Waals surface area contributed by atoms with E-state index in [0.29, 0.717) is 0 Å². The molecule has 0 atom stereocenters. The lowest BCUT2D eigenvalue weighted by atomic mass is 10.0. The zero-order valence-corrected chi connectivity index (χ0v) is 11.3. The average Bonchev–Trinajstić information content (AvgIpc) is 2.36. The highest BCUT2D eigenvalue weighted by Gasteiger charge is 2.23. The largest absolute Gasteiger partial charge is 0.506 e. The van der Waals surface area contributed by atoms with Gasteiger partial charge in [-0.1, -0.05) is 13.8 Å². The van der Waals surface area contributed by atoms with Crippen LogP contribution in [-0.4, -0.2) is 23.3 Å². The zero-order valence-electron chi connectivity index (χ0n) is 11.3. The van der Waals surface area contributed by atoms with E-state index in [-0.39, 0.29) is 39.5 Å². The van der Waals surface area contributed by atoms with Gasteiger partial charge < -0.3 is 19.4 Å². The summed E-state index contributed by atoms with van der Waals surface area (Å²) in [5, 5.41) is 19.5. The Morgan fingerprint density at radius 3 is 2.50 bits per heavy atom. The van der Waals surface area contributed by atoms with Crippen molar-refractivity contribution in [3.05, 3.63) is 33.7 Å². The van der Waals surface area contributed by atoms with Gasteiger partial charge in [-0.05, 0) is 18.1 Å². The molecule has 6 nitrogen and oxygen atoms in total. The molecule has 0 bridgehead atoms. The number of rotatable bonds is 3. The van der Waals surface area contributed by atoms with E-state index in [1.807, 2.05) is 0 Å². The van der Waals surface area contributed by atoms with E-state index in [9.17, 15) is 14.7 Å². The monoisotopic (exact) mass is 278 g/mol. The van der Waals surface area contributed by atoms with Crippen molar-refractivity contribution in [2.45, 2.75) is 19.8 Å². The molecule has 0 fully saturated rings. The number of hydrogen-bond donors (Lipinski definition) is 2. The van der Waals surface area contributed by atoms with Gasteiger partial charge in [0.2, 0.25) is 0 Å². The molecule has 2 rings (SSSR count). The first kappa shape index (κ1) is 13.9. The second kappa shape index (κ2) is 4.88. The second-order valence-corrected chi connectivity index (χ2v) is 4.63. The van der Waals surface area contributed by atoms with Gasteiger partial charge in [0, 0.05) is 0 Å². The topological polar surface area (TPSA) is 97.0 Å². The molecule has 2 N–H and O–H groups in total. The fraction of sp³-hybridized carbons (Fsp3) is 0.286. The van der Waals surface area contributed by atoms with Crippen molar-refractivity contribution in [1.29, 1.82) is 0 Å². The van der Waals surface area contributed by atoms with Crippen LogP contribution in [0.2, 0.25) is 0 Å². The van der Waals surface area contributed by atoms with E-state index in [0.717, 1.165) is 0 Å². The van der Waals surface area contributed by atoms with Gasteiger partial charge in [0.15, 0.2) is 0 Å². The van der Waals surface area contributed by atoms with Crippen LogP contribution in [-0.2, 0) is 0 Å². The fourth-order valence-electron chi connectivity index (χ4n) is 2.15. The van der Waals surface area contributed by atoms with Crippen LogP contribution in [0.4, 0.5) is 0 Å². The Hall–Kier alpha value is -2.50. The number of carboxylic acids is 1. The van der Waals surface area contributed by atoms with Crippen LogP contribution >= 0.6 is 0 Å². The van der Waals surface area contributed by atoms with Gasteiger partial charge in [-0.15, -0.1) is 0 Å². The lowest BCUT2D eigenvalue weighted by Gasteiger charge is -2.13. The Morgan fingerprint density at radius 2 is 2.00 bits per heavy atom. The van der Waals surface area contributed by atoms with Crippen molar-refractivity contribution >= 4 is 16.9 Å². The van der Waals surface area contributed by atoms with Crippen LogP contribution in [0.25, 0.3) is 11.0 Å². The summed E-state index contributed by atoms with van der Waals surface area (Å²) in [7, 11) is 1.29. The van der Waals surface area contributed by atoms with Gasteiger partial charge >= 0.3 is 11.6 Å². The van der Waals surface area contributed by atoms with Crippen molar-refractivity contribution in [2.24, 2.45) is 0 Å². The molecule has 106 valence electrons. The lowest BCUT2D eigenvalue weighted by molar-refractivity contribution is 0.0693. The van der Waals surface area contributed by atoms with Crippen molar-refractivity contribution in [1.82, 2.24) is 0 Å². The summed E-state index contributed by atoms with van der Waals surface area (Å²) in [4.78, 5) is 23.0. The maximum atomic E-state index is 11.8. The molecule has 20 heavy (non-hydrogen) atoms. The summed E-state index contributed by atoms with van der Waals surface area (Å²) < 4.78 is 10.2. The molecule has 0 aliphatic heterocycles. The highest BCUT2D eigenvalue weighted by atomic mass is 16.5. The van der Waals surface area contributed by atoms with E-state index in [2.05, 4.69) is 0 Å². The molecular weight excluding hydrogens is 264 g/mol. The highest BCUT2D eigenvalue weighted by Crippen LogP contribution is 2.38. The Bertz CT molecular complexity index is 741. The van der Waals surface area contributed by atoms with E-state index in [1.165, 1.54) is 19.2 Å². The van der Waals surface area contributed by atoms with E-state index in [1.54, 1.807) is 13.8 Å². The molecule has 0 saturated carbocycles. The smallest absolute Gasteiger partial charge is 0.343 e. The molecule has 2 aromatic rings. The summed E-state index contributed by atoms with van der Waals surface area (Å²) >= 11 is 0. The lowest BCUT2D eigenvalue weighted by Crippen LogP contribution is -2.10. The SMILES string of the molecule is COc1c(C(=O)O)ccc2oc(=O)c(C(C)C)c(O)c12. The third kappa shape index (κ3) is 1.99. The standard InChI is InChI=1S/C14H14O6/c1-6(2)9-11(15)10-8(20-14(9)18)5-4-7(13(16)17)12(10)19-3/h4-6,15H,1-3H3,(H,16,17). The molecule has 0 aliphatic rings. The van der Waals surface area contributed by atoms with Crippen LogP contribution in [0.3, 0.4) is 0 Å². The fourth-order valence-corrected chi connectivity index (χ4v) is 2.15. The third-order valence-corrected chi connectivity index (χ3v) is 3.05. The maximum Gasteiger partial charge on any atom is 0.343 e. The number of benzene rings is 1. The minimum absolute atomic E-state index is 0.0295. The average molecular weight is 278 g/mol. The molecule has 1 heterocycles. The molecule has 0 radical (unpaired) electrons. The Kier molecular flexibility index (Phi) is 3.40. The molecule has 1 aromatic carbocycles. The third-order valence-electron chi connectivity index (χ3n) is 3.05. The quantitative estimate of drug-likeness (QED) is 0.836. The van der Waals surface area contributed by atoms with Crippen LogP contribution < -0.4 is 10.4 Å². The number of aromatic hydroxyl groups is 1. The number of aromatic carboxylic acids is 1. The first-order valence-corrected chi connectivity index (χ1v) is 5.98. The van der Waals surface area contributed by atoms with Gasteiger partial charge in [-0.2, -0.15) is 0 Å². The van der Waals surface area contributed by atoms with Crippen LogP contribution in [0.15, 0.2) is 21.3 Å². The summed E-state index contributed by atoms with van der Waals surface area (Å²) in [5.41, 5.74) is -0.578. The van der Waals surface area contributed by atoms with Crippen molar-refractivity contribution in [2.75, 3.05) is 7.11 Å². The Labute approximate surface area is 114 Å². The minimum atomic E-state index is -1.19. The molecule has 0 unspecified atom stereocenters. The second-order valence-electron chi connectivity index (χ2n) is 4.63. The highest BCUT2D eigenvalue weighted by molar-refractivity contribution is 6.01. The number of carboxylic acid groups (broad SMARTS) is 1. The first-order valence-electron chi connectivity index (χ1n) is 5.98. The van der Waals surface area contributed by atoms with Crippen molar-refractivity contribution in [3.8, 4) is 11.5 Å². The number of ether oxygens (including phenoxy) is 1. The Balaban J connectivity index is 2.99. The molecule has 6 heteroatoms. The number of fused-ring (bicyclic) bond motifs is 1. The van der Waals surface area contributed by atoms with Gasteiger partial charge in [0.1, 0.15) is 28.0 Å².